The smallest absolute Gasteiger partial charge is 0.225 e. The van der Waals surface area contributed by atoms with E-state index in [2.05, 4.69) is 15.2 Å². The van der Waals surface area contributed by atoms with E-state index in [0.717, 1.165) is 49.5 Å². The number of nitrogens with zero attached hydrogens (tertiary/aromatic N) is 2. The number of hydrogen-bond acceptors (Lipinski definition) is 4. The Balaban J connectivity index is 1.27. The Morgan fingerprint density at radius 2 is 1.96 bits per heavy atom. The largest absolute Gasteiger partial charge is 0.440 e. The van der Waals surface area contributed by atoms with Gasteiger partial charge in [0.2, 0.25) is 5.91 Å². The van der Waals surface area contributed by atoms with Crippen molar-refractivity contribution in [1.82, 2.24) is 9.88 Å². The molecule has 0 bridgehead atoms. The van der Waals surface area contributed by atoms with Crippen LogP contribution in [-0.2, 0) is 4.79 Å². The third kappa shape index (κ3) is 4.49. The number of amides is 1. The van der Waals surface area contributed by atoms with Crippen LogP contribution in [0.1, 0.15) is 31.1 Å². The number of benzene rings is 2. The van der Waals surface area contributed by atoms with Gasteiger partial charge in [-0.05, 0) is 56.3 Å². The molecule has 2 heterocycles. The number of piperidine rings is 1. The first-order chi connectivity index (χ1) is 13.6. The number of carbonyl (C=O) groups excluding carboxylic acids is 1. The van der Waals surface area contributed by atoms with Crippen molar-refractivity contribution < 1.29 is 9.21 Å². The van der Waals surface area contributed by atoms with Crippen LogP contribution in [0.5, 0.6) is 0 Å². The summed E-state index contributed by atoms with van der Waals surface area (Å²) in [6, 6.07) is 12.8. The van der Waals surface area contributed by atoms with Crippen LogP contribution in [0.25, 0.3) is 11.1 Å². The van der Waals surface area contributed by atoms with E-state index < -0.39 is 0 Å². The molecule has 0 spiro atoms. The second-order valence-corrected chi connectivity index (χ2v) is 7.90. The Kier molecular flexibility index (Phi) is 5.85. The van der Waals surface area contributed by atoms with E-state index >= 15 is 0 Å². The lowest BCUT2D eigenvalue weighted by Crippen LogP contribution is -2.35. The first-order valence-corrected chi connectivity index (χ1v) is 10.2. The van der Waals surface area contributed by atoms with Crippen LogP contribution < -0.4 is 5.32 Å². The predicted molar refractivity (Wildman–Crippen MR) is 112 cm³/mol. The third-order valence-electron chi connectivity index (χ3n) is 5.11. The summed E-state index contributed by atoms with van der Waals surface area (Å²) in [5.74, 6) is 1.07. The van der Waals surface area contributed by atoms with Gasteiger partial charge in [0.1, 0.15) is 5.52 Å². The van der Waals surface area contributed by atoms with Crippen LogP contribution in [0.15, 0.2) is 46.9 Å². The zero-order chi connectivity index (χ0) is 19.5. The van der Waals surface area contributed by atoms with Gasteiger partial charge in [0.15, 0.2) is 11.5 Å². The van der Waals surface area contributed by atoms with E-state index in [1.165, 1.54) is 0 Å². The molecule has 4 rings (SSSR count). The van der Waals surface area contributed by atoms with Crippen molar-refractivity contribution in [3.05, 3.63) is 58.4 Å². The number of aromatic nitrogens is 1. The Bertz CT molecular complexity index is 981. The minimum atomic E-state index is -0.0222. The normalized spacial score (nSPS) is 15.8. The summed E-state index contributed by atoms with van der Waals surface area (Å²) in [7, 11) is 0. The van der Waals surface area contributed by atoms with Crippen molar-refractivity contribution in [3.63, 3.8) is 0 Å². The van der Waals surface area contributed by atoms with Crippen LogP contribution in [0.4, 0.5) is 5.69 Å². The molecule has 1 saturated heterocycles. The zero-order valence-corrected chi connectivity index (χ0v) is 16.8. The average Bonchev–Trinajstić information content (AvgIpc) is 3.12. The number of rotatable bonds is 5. The first-order valence-electron chi connectivity index (χ1n) is 9.41. The van der Waals surface area contributed by atoms with Gasteiger partial charge in [-0.25, -0.2) is 4.98 Å². The zero-order valence-electron chi connectivity index (χ0n) is 15.3. The standard InChI is InChI=1S/C21H21Cl2N3O2/c22-15-5-6-19-18(13-15)25-21(28-19)14-7-10-26(11-8-14)12-9-20(27)24-17-4-2-1-3-16(17)23/h1-6,13-14H,7-12H2,(H,24,27). The number of fused-ring (bicyclic) bond motifs is 1. The summed E-state index contributed by atoms with van der Waals surface area (Å²) >= 11 is 12.1. The highest BCUT2D eigenvalue weighted by atomic mass is 35.5. The minimum absolute atomic E-state index is 0.0222. The highest BCUT2D eigenvalue weighted by Gasteiger charge is 2.25. The lowest BCUT2D eigenvalue weighted by atomic mass is 9.96. The molecule has 1 aliphatic rings. The van der Waals surface area contributed by atoms with E-state index in [0.29, 0.717) is 28.1 Å². The topological polar surface area (TPSA) is 58.4 Å². The molecule has 0 aliphatic carbocycles. The lowest BCUT2D eigenvalue weighted by molar-refractivity contribution is -0.116. The molecule has 3 aromatic rings. The molecule has 28 heavy (non-hydrogen) atoms. The van der Waals surface area contributed by atoms with Crippen LogP contribution in [-0.4, -0.2) is 35.4 Å². The predicted octanol–water partition coefficient (Wildman–Crippen LogP) is 5.34. The van der Waals surface area contributed by atoms with Gasteiger partial charge < -0.3 is 14.6 Å². The summed E-state index contributed by atoms with van der Waals surface area (Å²) < 4.78 is 5.91. The number of oxazole rings is 1. The van der Waals surface area contributed by atoms with E-state index in [1.54, 1.807) is 12.1 Å². The second-order valence-electron chi connectivity index (χ2n) is 7.06. The first kappa shape index (κ1) is 19.2. The van der Waals surface area contributed by atoms with Gasteiger partial charge in [-0.3, -0.25) is 4.79 Å². The van der Waals surface area contributed by atoms with Crippen molar-refractivity contribution in [2.24, 2.45) is 0 Å². The number of hydrogen-bond donors (Lipinski definition) is 1. The summed E-state index contributed by atoms with van der Waals surface area (Å²) in [4.78, 5) is 19.1. The molecule has 1 N–H and O–H groups in total. The van der Waals surface area contributed by atoms with Crippen molar-refractivity contribution in [1.29, 1.82) is 0 Å². The SMILES string of the molecule is O=C(CCN1CCC(c2nc3cc(Cl)ccc3o2)CC1)Nc1ccccc1Cl. The Labute approximate surface area is 173 Å². The molecule has 1 aromatic heterocycles. The van der Waals surface area contributed by atoms with Crippen molar-refractivity contribution in [2.75, 3.05) is 25.0 Å². The van der Waals surface area contributed by atoms with E-state index in [4.69, 9.17) is 27.6 Å². The number of para-hydroxylation sites is 1. The number of nitrogens with one attached hydrogen (secondary N) is 1. The molecule has 0 unspecified atom stereocenters. The fraction of sp³-hybridized carbons (Fsp3) is 0.333. The summed E-state index contributed by atoms with van der Waals surface area (Å²) in [5.41, 5.74) is 2.24. The molecule has 5 nitrogen and oxygen atoms in total. The number of carbonyl (C=O) groups is 1. The highest BCUT2D eigenvalue weighted by Crippen LogP contribution is 2.31. The van der Waals surface area contributed by atoms with Crippen molar-refractivity contribution in [3.8, 4) is 0 Å². The summed E-state index contributed by atoms with van der Waals surface area (Å²) in [6.45, 7) is 2.57. The summed E-state index contributed by atoms with van der Waals surface area (Å²) in [6.07, 6.45) is 2.37. The molecule has 2 aromatic carbocycles. The Hall–Kier alpha value is -2.08. The van der Waals surface area contributed by atoms with E-state index in [-0.39, 0.29) is 5.91 Å². The van der Waals surface area contributed by atoms with Gasteiger partial charge >= 0.3 is 0 Å². The maximum atomic E-state index is 12.2. The fourth-order valence-electron chi connectivity index (χ4n) is 3.53. The molecular weight excluding hydrogens is 397 g/mol. The van der Waals surface area contributed by atoms with Gasteiger partial charge in [0, 0.05) is 23.9 Å². The second kappa shape index (κ2) is 8.52. The Morgan fingerprint density at radius 1 is 1.18 bits per heavy atom. The molecule has 1 fully saturated rings. The maximum Gasteiger partial charge on any atom is 0.225 e. The number of halogens is 2. The van der Waals surface area contributed by atoms with E-state index in [1.807, 2.05) is 30.3 Å². The van der Waals surface area contributed by atoms with Gasteiger partial charge in [-0.15, -0.1) is 0 Å². The maximum absolute atomic E-state index is 12.2. The highest BCUT2D eigenvalue weighted by molar-refractivity contribution is 6.33. The van der Waals surface area contributed by atoms with Crippen molar-refractivity contribution >= 4 is 45.9 Å². The molecular formula is C21H21Cl2N3O2. The van der Waals surface area contributed by atoms with Crippen LogP contribution in [0.2, 0.25) is 10.0 Å². The number of likely N-dealkylation sites (tertiary alicyclic amines) is 1. The van der Waals surface area contributed by atoms with Gasteiger partial charge in [0.05, 0.1) is 10.7 Å². The fourth-order valence-corrected chi connectivity index (χ4v) is 3.88. The third-order valence-corrected chi connectivity index (χ3v) is 5.67. The molecule has 7 heteroatoms. The molecule has 0 saturated carbocycles. The quantitative estimate of drug-likeness (QED) is 0.608. The van der Waals surface area contributed by atoms with Gasteiger partial charge in [0.25, 0.3) is 0 Å². The average molecular weight is 418 g/mol. The monoisotopic (exact) mass is 417 g/mol. The molecule has 146 valence electrons. The van der Waals surface area contributed by atoms with Crippen LogP contribution in [0.3, 0.4) is 0 Å². The molecule has 0 radical (unpaired) electrons. The molecule has 1 amide bonds. The van der Waals surface area contributed by atoms with Gasteiger partial charge in [-0.1, -0.05) is 35.3 Å². The Morgan fingerprint density at radius 3 is 2.75 bits per heavy atom. The minimum Gasteiger partial charge on any atom is -0.440 e. The van der Waals surface area contributed by atoms with Crippen LogP contribution in [0, 0.1) is 0 Å². The lowest BCUT2D eigenvalue weighted by Gasteiger charge is -2.30. The van der Waals surface area contributed by atoms with Crippen LogP contribution >= 0.6 is 23.2 Å². The van der Waals surface area contributed by atoms with E-state index in [9.17, 15) is 4.79 Å². The number of anilines is 1. The molecule has 1 aliphatic heterocycles. The summed E-state index contributed by atoms with van der Waals surface area (Å²) in [5, 5.41) is 4.09. The van der Waals surface area contributed by atoms with Gasteiger partial charge in [-0.2, -0.15) is 0 Å². The van der Waals surface area contributed by atoms with Crippen molar-refractivity contribution in [2.45, 2.75) is 25.2 Å². The molecule has 0 atom stereocenters.